The summed E-state index contributed by atoms with van der Waals surface area (Å²) in [5, 5.41) is 0. The molecule has 0 aliphatic heterocycles. The first-order chi connectivity index (χ1) is 10.3. The highest BCUT2D eigenvalue weighted by Gasteiger charge is 2.26. The average Bonchev–Trinajstić information content (AvgIpc) is 2.55. The molecule has 116 valence electrons. The van der Waals surface area contributed by atoms with Crippen molar-refractivity contribution in [3.05, 3.63) is 17.1 Å². The largest absolute Gasteiger partial charge is 0.308 e. The number of hydrogen-bond acceptors (Lipinski definition) is 4. The van der Waals surface area contributed by atoms with E-state index in [4.69, 9.17) is 15.8 Å². The SMILES string of the molecule is CCCC1CCC(c2nc3c(c(NN)n2)CCCC3)CC1. The van der Waals surface area contributed by atoms with E-state index in [0.717, 1.165) is 30.4 Å². The zero-order chi connectivity index (χ0) is 14.7. The van der Waals surface area contributed by atoms with Gasteiger partial charge in [0, 0.05) is 17.2 Å². The van der Waals surface area contributed by atoms with Gasteiger partial charge in [-0.3, -0.25) is 0 Å². The zero-order valence-electron chi connectivity index (χ0n) is 13.2. The third kappa shape index (κ3) is 3.20. The van der Waals surface area contributed by atoms with Gasteiger partial charge in [0.2, 0.25) is 0 Å². The standard InChI is InChI=1S/C17H28N4/c1-2-5-12-8-10-13(11-9-12)16-19-15-7-4-3-6-14(15)17(20-16)21-18/h12-13H,2-11,18H2,1H3,(H,19,20,21). The number of rotatable bonds is 4. The van der Waals surface area contributed by atoms with Crippen LogP contribution in [-0.4, -0.2) is 9.97 Å². The molecule has 4 nitrogen and oxygen atoms in total. The maximum atomic E-state index is 5.69. The molecular formula is C17H28N4. The van der Waals surface area contributed by atoms with E-state index in [1.807, 2.05) is 0 Å². The monoisotopic (exact) mass is 288 g/mol. The Labute approximate surface area is 127 Å². The van der Waals surface area contributed by atoms with Crippen molar-refractivity contribution in [2.45, 2.75) is 77.0 Å². The molecule has 1 fully saturated rings. The minimum absolute atomic E-state index is 0.539. The molecular weight excluding hydrogens is 260 g/mol. The molecule has 1 saturated carbocycles. The summed E-state index contributed by atoms with van der Waals surface area (Å²) in [6.45, 7) is 2.29. The van der Waals surface area contributed by atoms with Crippen LogP contribution < -0.4 is 11.3 Å². The molecule has 1 aromatic rings. The number of nitrogens with zero attached hydrogens (tertiary/aromatic N) is 2. The first-order valence-electron chi connectivity index (χ1n) is 8.68. The molecule has 1 heterocycles. The maximum absolute atomic E-state index is 5.69. The van der Waals surface area contributed by atoms with Gasteiger partial charge in [0.25, 0.3) is 0 Å². The number of aromatic nitrogens is 2. The summed E-state index contributed by atoms with van der Waals surface area (Å²) in [6, 6.07) is 0. The molecule has 4 heteroatoms. The van der Waals surface area contributed by atoms with Crippen LogP contribution in [0.2, 0.25) is 0 Å². The molecule has 21 heavy (non-hydrogen) atoms. The van der Waals surface area contributed by atoms with Gasteiger partial charge in [-0.05, 0) is 57.3 Å². The van der Waals surface area contributed by atoms with Crippen LogP contribution in [0.4, 0.5) is 5.82 Å². The van der Waals surface area contributed by atoms with Crippen LogP contribution in [0.3, 0.4) is 0 Å². The number of aryl methyl sites for hydroxylation is 1. The first-order valence-corrected chi connectivity index (χ1v) is 8.68. The molecule has 2 aliphatic carbocycles. The van der Waals surface area contributed by atoms with Gasteiger partial charge in [0.1, 0.15) is 11.6 Å². The van der Waals surface area contributed by atoms with Gasteiger partial charge in [-0.15, -0.1) is 0 Å². The lowest BCUT2D eigenvalue weighted by Gasteiger charge is -2.28. The van der Waals surface area contributed by atoms with Crippen molar-refractivity contribution in [3.63, 3.8) is 0 Å². The quantitative estimate of drug-likeness (QED) is 0.655. The summed E-state index contributed by atoms with van der Waals surface area (Å²) in [5.41, 5.74) is 5.31. The highest BCUT2D eigenvalue weighted by Crippen LogP contribution is 2.37. The fraction of sp³-hybridized carbons (Fsp3) is 0.765. The van der Waals surface area contributed by atoms with E-state index in [-0.39, 0.29) is 0 Å². The van der Waals surface area contributed by atoms with Crippen molar-refractivity contribution < 1.29 is 0 Å². The molecule has 0 saturated heterocycles. The highest BCUT2D eigenvalue weighted by molar-refractivity contribution is 5.47. The summed E-state index contributed by atoms with van der Waals surface area (Å²) in [4.78, 5) is 9.66. The lowest BCUT2D eigenvalue weighted by Crippen LogP contribution is -2.21. The van der Waals surface area contributed by atoms with Crippen LogP contribution in [0, 0.1) is 5.92 Å². The summed E-state index contributed by atoms with van der Waals surface area (Å²) >= 11 is 0. The topological polar surface area (TPSA) is 63.8 Å². The second-order valence-electron chi connectivity index (χ2n) is 6.71. The fourth-order valence-corrected chi connectivity index (χ4v) is 4.03. The molecule has 0 atom stereocenters. The van der Waals surface area contributed by atoms with E-state index >= 15 is 0 Å². The van der Waals surface area contributed by atoms with Gasteiger partial charge in [0.05, 0.1) is 0 Å². The van der Waals surface area contributed by atoms with Crippen molar-refractivity contribution >= 4 is 5.82 Å². The highest BCUT2D eigenvalue weighted by atomic mass is 15.3. The number of hydrogen-bond donors (Lipinski definition) is 2. The number of hydrazine groups is 1. The predicted octanol–water partition coefficient (Wildman–Crippen LogP) is 3.71. The lowest BCUT2D eigenvalue weighted by molar-refractivity contribution is 0.302. The van der Waals surface area contributed by atoms with E-state index in [2.05, 4.69) is 12.3 Å². The second-order valence-corrected chi connectivity index (χ2v) is 6.71. The molecule has 3 rings (SSSR count). The maximum Gasteiger partial charge on any atom is 0.147 e. The Morgan fingerprint density at radius 3 is 2.57 bits per heavy atom. The average molecular weight is 288 g/mol. The molecule has 1 aromatic heterocycles. The lowest BCUT2D eigenvalue weighted by atomic mass is 9.79. The van der Waals surface area contributed by atoms with Gasteiger partial charge in [0.15, 0.2) is 0 Å². The summed E-state index contributed by atoms with van der Waals surface area (Å²) in [6.07, 6.45) is 12.5. The van der Waals surface area contributed by atoms with Crippen LogP contribution in [0.15, 0.2) is 0 Å². The van der Waals surface area contributed by atoms with Crippen molar-refractivity contribution in [2.75, 3.05) is 5.43 Å². The Morgan fingerprint density at radius 2 is 1.86 bits per heavy atom. The number of fused-ring (bicyclic) bond motifs is 1. The molecule has 0 radical (unpaired) electrons. The molecule has 0 unspecified atom stereocenters. The Balaban J connectivity index is 1.77. The Bertz CT molecular complexity index is 461. The van der Waals surface area contributed by atoms with Gasteiger partial charge in [-0.25, -0.2) is 15.8 Å². The van der Waals surface area contributed by atoms with Gasteiger partial charge >= 0.3 is 0 Å². The van der Waals surface area contributed by atoms with Crippen LogP contribution in [0.5, 0.6) is 0 Å². The number of anilines is 1. The Morgan fingerprint density at radius 1 is 1.10 bits per heavy atom. The minimum atomic E-state index is 0.539. The van der Waals surface area contributed by atoms with Gasteiger partial charge in [-0.2, -0.15) is 0 Å². The normalized spacial score (nSPS) is 25.4. The molecule has 3 N–H and O–H groups in total. The fourth-order valence-electron chi connectivity index (χ4n) is 4.03. The zero-order valence-corrected chi connectivity index (χ0v) is 13.2. The smallest absolute Gasteiger partial charge is 0.147 e. The third-order valence-corrected chi connectivity index (χ3v) is 5.25. The van der Waals surface area contributed by atoms with E-state index < -0.39 is 0 Å². The van der Waals surface area contributed by atoms with E-state index in [1.54, 1.807) is 0 Å². The van der Waals surface area contributed by atoms with Crippen molar-refractivity contribution in [1.29, 1.82) is 0 Å². The summed E-state index contributed by atoms with van der Waals surface area (Å²) in [7, 11) is 0. The summed E-state index contributed by atoms with van der Waals surface area (Å²) < 4.78 is 0. The summed E-state index contributed by atoms with van der Waals surface area (Å²) in [5.74, 6) is 9.08. The van der Waals surface area contributed by atoms with E-state index in [9.17, 15) is 0 Å². The van der Waals surface area contributed by atoms with E-state index in [1.165, 1.54) is 62.6 Å². The van der Waals surface area contributed by atoms with E-state index in [0.29, 0.717) is 5.92 Å². The molecule has 2 aliphatic rings. The van der Waals surface area contributed by atoms with Gasteiger partial charge < -0.3 is 5.43 Å². The van der Waals surface area contributed by atoms with Crippen molar-refractivity contribution in [2.24, 2.45) is 11.8 Å². The third-order valence-electron chi connectivity index (χ3n) is 5.25. The minimum Gasteiger partial charge on any atom is -0.308 e. The van der Waals surface area contributed by atoms with Crippen molar-refractivity contribution in [3.8, 4) is 0 Å². The molecule has 0 aromatic carbocycles. The van der Waals surface area contributed by atoms with Crippen LogP contribution in [0.1, 0.15) is 81.3 Å². The van der Waals surface area contributed by atoms with Crippen LogP contribution >= 0.6 is 0 Å². The molecule has 0 amide bonds. The molecule has 0 spiro atoms. The van der Waals surface area contributed by atoms with Crippen LogP contribution in [-0.2, 0) is 12.8 Å². The van der Waals surface area contributed by atoms with Gasteiger partial charge in [-0.1, -0.05) is 19.8 Å². The Kier molecular flexibility index (Phi) is 4.73. The number of nitrogen functional groups attached to an aromatic ring is 1. The first kappa shape index (κ1) is 14.8. The predicted molar refractivity (Wildman–Crippen MR) is 86.1 cm³/mol. The van der Waals surface area contributed by atoms with Crippen molar-refractivity contribution in [1.82, 2.24) is 9.97 Å². The Hall–Kier alpha value is -1.16. The number of nitrogens with one attached hydrogen (secondary N) is 1. The number of nitrogens with two attached hydrogens (primary N) is 1. The second kappa shape index (κ2) is 6.73. The van der Waals surface area contributed by atoms with Crippen LogP contribution in [0.25, 0.3) is 0 Å². The molecule has 0 bridgehead atoms.